The number of carbonyl (C=O) groups is 1. The fraction of sp³-hybridized carbons (Fsp3) is 0.923. The minimum Gasteiger partial charge on any atom is -0.378 e. The molecule has 0 saturated carbocycles. The molecule has 100 valence electrons. The average molecular weight is 242 g/mol. The molecule has 17 heavy (non-hydrogen) atoms. The molecular weight excluding hydrogens is 216 g/mol. The summed E-state index contributed by atoms with van der Waals surface area (Å²) in [7, 11) is 0. The molecule has 1 amide bonds. The molecule has 1 fully saturated rings. The Morgan fingerprint density at radius 2 is 2.24 bits per heavy atom. The first-order valence-corrected chi connectivity index (χ1v) is 6.69. The van der Waals surface area contributed by atoms with Crippen LogP contribution in [0.3, 0.4) is 0 Å². The van der Waals surface area contributed by atoms with Gasteiger partial charge in [-0.25, -0.2) is 0 Å². The third-order valence-electron chi connectivity index (χ3n) is 2.98. The first-order chi connectivity index (χ1) is 8.08. The van der Waals surface area contributed by atoms with Crippen molar-refractivity contribution in [2.45, 2.75) is 52.2 Å². The Kier molecular flexibility index (Phi) is 6.52. The zero-order chi connectivity index (χ0) is 12.7. The second-order valence-corrected chi connectivity index (χ2v) is 5.30. The number of nitrogens with one attached hydrogen (secondary N) is 2. The minimum atomic E-state index is 0.145. The predicted octanol–water partition coefficient (Wildman–Crippen LogP) is 1.31. The quantitative estimate of drug-likeness (QED) is 0.738. The molecule has 0 aromatic carbocycles. The number of hydrogen-bond acceptors (Lipinski definition) is 3. The van der Waals surface area contributed by atoms with E-state index in [1.165, 1.54) is 0 Å². The molecule has 1 aliphatic rings. The third kappa shape index (κ3) is 6.64. The van der Waals surface area contributed by atoms with Crippen LogP contribution < -0.4 is 10.6 Å². The van der Waals surface area contributed by atoms with Gasteiger partial charge < -0.3 is 15.4 Å². The lowest BCUT2D eigenvalue weighted by Crippen LogP contribution is -2.40. The molecule has 1 rings (SSSR count). The highest BCUT2D eigenvalue weighted by molar-refractivity contribution is 5.76. The molecule has 1 heterocycles. The van der Waals surface area contributed by atoms with Gasteiger partial charge in [0.2, 0.25) is 5.91 Å². The van der Waals surface area contributed by atoms with Gasteiger partial charge in [0.1, 0.15) is 0 Å². The van der Waals surface area contributed by atoms with Crippen molar-refractivity contribution in [2.75, 3.05) is 19.7 Å². The Labute approximate surface area is 104 Å². The van der Waals surface area contributed by atoms with Crippen LogP contribution in [0.5, 0.6) is 0 Å². The number of ether oxygens (including phenoxy) is 1. The second kappa shape index (κ2) is 7.67. The topological polar surface area (TPSA) is 50.4 Å². The van der Waals surface area contributed by atoms with Gasteiger partial charge in [-0.15, -0.1) is 0 Å². The summed E-state index contributed by atoms with van der Waals surface area (Å²) >= 11 is 0. The number of carbonyl (C=O) groups excluding carboxylic acids is 1. The Balaban J connectivity index is 2.04. The van der Waals surface area contributed by atoms with E-state index in [9.17, 15) is 4.79 Å². The van der Waals surface area contributed by atoms with Crippen molar-refractivity contribution in [3.63, 3.8) is 0 Å². The van der Waals surface area contributed by atoms with Crippen LogP contribution >= 0.6 is 0 Å². The average Bonchev–Trinajstić information content (AvgIpc) is 2.26. The summed E-state index contributed by atoms with van der Waals surface area (Å²) in [6.07, 6.45) is 3.01. The molecule has 4 nitrogen and oxygen atoms in total. The van der Waals surface area contributed by atoms with Crippen LogP contribution in [0.15, 0.2) is 0 Å². The highest BCUT2D eigenvalue weighted by Gasteiger charge is 2.18. The Bertz CT molecular complexity index is 231. The number of hydrogen-bond donors (Lipinski definition) is 2. The highest BCUT2D eigenvalue weighted by Crippen LogP contribution is 2.12. The lowest BCUT2D eigenvalue weighted by atomic mass is 10.0. The summed E-state index contributed by atoms with van der Waals surface area (Å²) in [5.41, 5.74) is 0. The maximum atomic E-state index is 11.5. The molecular formula is C13H26N2O2. The molecule has 0 aliphatic carbocycles. The molecule has 1 aliphatic heterocycles. The summed E-state index contributed by atoms with van der Waals surface area (Å²) < 4.78 is 5.48. The third-order valence-corrected chi connectivity index (χ3v) is 2.98. The zero-order valence-electron chi connectivity index (χ0n) is 11.3. The van der Waals surface area contributed by atoms with Gasteiger partial charge in [0.05, 0.1) is 6.10 Å². The summed E-state index contributed by atoms with van der Waals surface area (Å²) in [4.78, 5) is 11.5. The molecule has 4 heteroatoms. The molecule has 0 spiro atoms. The first-order valence-electron chi connectivity index (χ1n) is 6.69. The van der Waals surface area contributed by atoms with E-state index >= 15 is 0 Å². The van der Waals surface area contributed by atoms with E-state index in [2.05, 4.69) is 31.4 Å². The summed E-state index contributed by atoms with van der Waals surface area (Å²) in [5.74, 6) is 0.662. The van der Waals surface area contributed by atoms with Crippen LogP contribution in [-0.4, -0.2) is 37.7 Å². The highest BCUT2D eigenvalue weighted by atomic mass is 16.5. The largest absolute Gasteiger partial charge is 0.378 e. The van der Waals surface area contributed by atoms with E-state index in [4.69, 9.17) is 4.74 Å². The van der Waals surface area contributed by atoms with Crippen molar-refractivity contribution < 1.29 is 9.53 Å². The Hall–Kier alpha value is -0.610. The monoisotopic (exact) mass is 242 g/mol. The summed E-state index contributed by atoms with van der Waals surface area (Å²) in [5, 5.41) is 6.35. The van der Waals surface area contributed by atoms with Gasteiger partial charge >= 0.3 is 0 Å². The number of amides is 1. The van der Waals surface area contributed by atoms with Crippen molar-refractivity contribution in [2.24, 2.45) is 5.92 Å². The van der Waals surface area contributed by atoms with Gasteiger partial charge in [-0.3, -0.25) is 4.79 Å². The summed E-state index contributed by atoms with van der Waals surface area (Å²) in [6, 6.07) is 0.511. The molecule has 0 radical (unpaired) electrons. The van der Waals surface area contributed by atoms with Crippen molar-refractivity contribution in [1.29, 1.82) is 0 Å². The SMILES string of the molecule is CC(C)CNC(=O)CCNC1CCOC(C)C1. The molecule has 0 bridgehead atoms. The standard InChI is InChI=1S/C13H26N2O2/c1-10(2)9-15-13(16)4-6-14-12-5-7-17-11(3)8-12/h10-12,14H,4-9H2,1-3H3,(H,15,16). The van der Waals surface area contributed by atoms with E-state index in [1.54, 1.807) is 0 Å². The molecule has 2 N–H and O–H groups in total. The Morgan fingerprint density at radius 1 is 1.47 bits per heavy atom. The van der Waals surface area contributed by atoms with Crippen LogP contribution in [0.2, 0.25) is 0 Å². The summed E-state index contributed by atoms with van der Waals surface area (Å²) in [6.45, 7) is 8.67. The second-order valence-electron chi connectivity index (χ2n) is 5.30. The van der Waals surface area contributed by atoms with Crippen molar-refractivity contribution in [3.8, 4) is 0 Å². The van der Waals surface area contributed by atoms with Gasteiger partial charge in [0, 0.05) is 32.2 Å². The van der Waals surface area contributed by atoms with Crippen molar-refractivity contribution >= 4 is 5.91 Å². The first kappa shape index (κ1) is 14.5. The predicted molar refractivity (Wildman–Crippen MR) is 68.9 cm³/mol. The maximum Gasteiger partial charge on any atom is 0.221 e. The zero-order valence-corrected chi connectivity index (χ0v) is 11.3. The van der Waals surface area contributed by atoms with E-state index in [0.29, 0.717) is 24.5 Å². The molecule has 0 aromatic rings. The molecule has 2 atom stereocenters. The van der Waals surface area contributed by atoms with Crippen LogP contribution in [0.1, 0.15) is 40.0 Å². The fourth-order valence-electron chi connectivity index (χ4n) is 1.98. The van der Waals surface area contributed by atoms with Gasteiger partial charge in [-0.05, 0) is 25.7 Å². The molecule has 1 saturated heterocycles. The lowest BCUT2D eigenvalue weighted by molar-refractivity contribution is -0.121. The van der Waals surface area contributed by atoms with Gasteiger partial charge in [0.25, 0.3) is 0 Å². The van der Waals surface area contributed by atoms with Gasteiger partial charge in [-0.1, -0.05) is 13.8 Å². The van der Waals surface area contributed by atoms with E-state index < -0.39 is 0 Å². The van der Waals surface area contributed by atoms with Gasteiger partial charge in [0.15, 0.2) is 0 Å². The minimum absolute atomic E-state index is 0.145. The fourth-order valence-corrected chi connectivity index (χ4v) is 1.98. The van der Waals surface area contributed by atoms with Crippen LogP contribution in [0.25, 0.3) is 0 Å². The van der Waals surface area contributed by atoms with E-state index in [0.717, 1.165) is 32.5 Å². The van der Waals surface area contributed by atoms with Crippen LogP contribution in [-0.2, 0) is 9.53 Å². The van der Waals surface area contributed by atoms with E-state index in [1.807, 2.05) is 0 Å². The number of rotatable bonds is 6. The van der Waals surface area contributed by atoms with Crippen LogP contribution in [0.4, 0.5) is 0 Å². The maximum absolute atomic E-state index is 11.5. The van der Waals surface area contributed by atoms with E-state index in [-0.39, 0.29) is 5.91 Å². The molecule has 2 unspecified atom stereocenters. The van der Waals surface area contributed by atoms with Crippen molar-refractivity contribution in [1.82, 2.24) is 10.6 Å². The normalized spacial score (nSPS) is 24.9. The smallest absolute Gasteiger partial charge is 0.221 e. The Morgan fingerprint density at radius 3 is 2.88 bits per heavy atom. The van der Waals surface area contributed by atoms with Gasteiger partial charge in [-0.2, -0.15) is 0 Å². The van der Waals surface area contributed by atoms with Crippen molar-refractivity contribution in [3.05, 3.63) is 0 Å². The van der Waals surface area contributed by atoms with Crippen LogP contribution in [0, 0.1) is 5.92 Å². The lowest BCUT2D eigenvalue weighted by Gasteiger charge is -2.28. The molecule has 0 aromatic heterocycles.